The third kappa shape index (κ3) is 3.26. The fraction of sp³-hybridized carbons (Fsp3) is 0.222. The van der Waals surface area contributed by atoms with E-state index in [-0.39, 0.29) is 11.9 Å². The first-order valence-corrected chi connectivity index (χ1v) is 9.41. The van der Waals surface area contributed by atoms with Crippen molar-refractivity contribution >= 4 is 39.2 Å². The summed E-state index contributed by atoms with van der Waals surface area (Å²) >= 11 is 3.31. The molecule has 0 N–H and O–H groups in total. The van der Waals surface area contributed by atoms with Gasteiger partial charge < -0.3 is 4.90 Å². The molecule has 3 aromatic rings. The lowest BCUT2D eigenvalue weighted by molar-refractivity contribution is 0.0742. The third-order valence-corrected chi connectivity index (χ3v) is 5.86. The van der Waals surface area contributed by atoms with Gasteiger partial charge in [0, 0.05) is 17.5 Å². The average Bonchev–Trinajstić information content (AvgIpc) is 3.04. The Morgan fingerprint density at radius 2 is 1.87 bits per heavy atom. The van der Waals surface area contributed by atoms with Crippen LogP contribution in [0, 0.1) is 0 Å². The highest BCUT2D eigenvalue weighted by atomic mass is 32.2. The topological polar surface area (TPSA) is 33.2 Å². The molecule has 2 aromatic carbocycles. The molecule has 0 unspecified atom stereocenters. The lowest BCUT2D eigenvalue weighted by Crippen LogP contribution is -2.29. The maximum atomic E-state index is 12.7. The van der Waals surface area contributed by atoms with E-state index in [4.69, 9.17) is 0 Å². The molecule has 1 amide bonds. The van der Waals surface area contributed by atoms with E-state index in [2.05, 4.69) is 11.1 Å². The van der Waals surface area contributed by atoms with Crippen molar-refractivity contribution in [3.8, 4) is 0 Å². The van der Waals surface area contributed by atoms with Gasteiger partial charge in [0.15, 0.2) is 0 Å². The molecule has 0 spiro atoms. The first-order chi connectivity index (χ1) is 11.1. The molecule has 0 bridgehead atoms. The maximum absolute atomic E-state index is 12.7. The number of rotatable bonds is 4. The number of benzene rings is 2. The van der Waals surface area contributed by atoms with Crippen LogP contribution in [-0.4, -0.2) is 29.1 Å². The maximum Gasteiger partial charge on any atom is 0.254 e. The van der Waals surface area contributed by atoms with Gasteiger partial charge in [-0.2, -0.15) is 0 Å². The molecule has 0 fully saturated rings. The Bertz CT molecular complexity index is 793. The predicted molar refractivity (Wildman–Crippen MR) is 98.4 cm³/mol. The molecule has 0 saturated heterocycles. The van der Waals surface area contributed by atoms with Crippen LogP contribution < -0.4 is 0 Å². The normalized spacial score (nSPS) is 12.3. The molecule has 3 rings (SSSR count). The number of thioether (sulfide) groups is 1. The number of para-hydroxylation sites is 1. The van der Waals surface area contributed by atoms with Crippen molar-refractivity contribution < 1.29 is 4.79 Å². The number of thiazole rings is 1. The van der Waals surface area contributed by atoms with E-state index in [9.17, 15) is 4.79 Å². The zero-order valence-corrected chi connectivity index (χ0v) is 14.9. The summed E-state index contributed by atoms with van der Waals surface area (Å²) in [5.41, 5.74) is 1.70. The lowest BCUT2D eigenvalue weighted by Gasteiger charge is -2.23. The summed E-state index contributed by atoms with van der Waals surface area (Å²) in [6, 6.07) is 15.7. The minimum atomic E-state index is -0.0554. The summed E-state index contributed by atoms with van der Waals surface area (Å²) in [5, 5.41) is 0.961. The van der Waals surface area contributed by atoms with Crippen molar-refractivity contribution in [2.45, 2.75) is 17.9 Å². The highest BCUT2D eigenvalue weighted by molar-refractivity contribution is 7.98. The summed E-state index contributed by atoms with van der Waals surface area (Å²) in [5.74, 6) is 0.0180. The second-order valence-corrected chi connectivity index (χ2v) is 7.28. The van der Waals surface area contributed by atoms with Crippen molar-refractivity contribution in [3.63, 3.8) is 0 Å². The molecule has 1 atom stereocenters. The Kier molecular flexibility index (Phi) is 4.68. The number of hydrogen-bond donors (Lipinski definition) is 0. The van der Waals surface area contributed by atoms with E-state index in [0.29, 0.717) is 5.56 Å². The molecule has 3 nitrogen and oxygen atoms in total. The van der Waals surface area contributed by atoms with Crippen LogP contribution in [0.5, 0.6) is 0 Å². The molecule has 1 aromatic heterocycles. The van der Waals surface area contributed by atoms with E-state index >= 15 is 0 Å². The highest BCUT2D eigenvalue weighted by Crippen LogP contribution is 2.29. The molecular formula is C18H18N2OS2. The van der Waals surface area contributed by atoms with E-state index in [1.54, 1.807) is 28.0 Å². The van der Waals surface area contributed by atoms with Crippen LogP contribution in [0.3, 0.4) is 0 Å². The van der Waals surface area contributed by atoms with Gasteiger partial charge in [0.2, 0.25) is 0 Å². The van der Waals surface area contributed by atoms with Gasteiger partial charge in [-0.15, -0.1) is 23.1 Å². The van der Waals surface area contributed by atoms with E-state index < -0.39 is 0 Å². The van der Waals surface area contributed by atoms with Crippen LogP contribution in [0.1, 0.15) is 28.3 Å². The van der Waals surface area contributed by atoms with Crippen LogP contribution in [0.25, 0.3) is 10.2 Å². The van der Waals surface area contributed by atoms with Crippen molar-refractivity contribution in [2.24, 2.45) is 0 Å². The van der Waals surface area contributed by atoms with Crippen molar-refractivity contribution in [1.29, 1.82) is 0 Å². The minimum absolute atomic E-state index is 0.0180. The van der Waals surface area contributed by atoms with Gasteiger partial charge in [-0.3, -0.25) is 4.79 Å². The molecule has 0 saturated carbocycles. The molecular weight excluding hydrogens is 324 g/mol. The zero-order chi connectivity index (χ0) is 16.4. The van der Waals surface area contributed by atoms with Gasteiger partial charge in [0.25, 0.3) is 5.91 Å². The Balaban J connectivity index is 1.82. The first-order valence-electron chi connectivity index (χ1n) is 7.37. The highest BCUT2D eigenvalue weighted by Gasteiger charge is 2.21. The zero-order valence-electron chi connectivity index (χ0n) is 13.3. The Labute approximate surface area is 144 Å². The van der Waals surface area contributed by atoms with E-state index in [1.807, 2.05) is 62.7 Å². The number of hydrogen-bond acceptors (Lipinski definition) is 4. The summed E-state index contributed by atoms with van der Waals surface area (Å²) in [4.78, 5) is 20.2. The Hall–Kier alpha value is -1.85. The van der Waals surface area contributed by atoms with Crippen LogP contribution >= 0.6 is 23.1 Å². The molecule has 0 aliphatic carbocycles. The summed E-state index contributed by atoms with van der Waals surface area (Å²) in [6.07, 6.45) is 2.03. The van der Waals surface area contributed by atoms with E-state index in [1.165, 1.54) is 0 Å². The first kappa shape index (κ1) is 16.0. The van der Waals surface area contributed by atoms with Gasteiger partial charge in [-0.25, -0.2) is 4.98 Å². The number of carbonyl (C=O) groups is 1. The molecule has 118 valence electrons. The van der Waals surface area contributed by atoms with Crippen molar-refractivity contribution in [2.75, 3.05) is 13.3 Å². The third-order valence-electron chi connectivity index (χ3n) is 3.91. The van der Waals surface area contributed by atoms with Crippen LogP contribution in [0.2, 0.25) is 0 Å². The largest absolute Gasteiger partial charge is 0.333 e. The number of fused-ring (bicyclic) bond motifs is 1. The average molecular weight is 342 g/mol. The second-order valence-electron chi connectivity index (χ2n) is 5.34. The molecule has 0 radical (unpaired) electrons. The number of amides is 1. The van der Waals surface area contributed by atoms with Crippen molar-refractivity contribution in [3.05, 3.63) is 59.1 Å². The molecule has 23 heavy (non-hydrogen) atoms. The monoisotopic (exact) mass is 342 g/mol. The smallest absolute Gasteiger partial charge is 0.254 e. The lowest BCUT2D eigenvalue weighted by atomic mass is 10.2. The van der Waals surface area contributed by atoms with Gasteiger partial charge in [0.1, 0.15) is 5.01 Å². The molecule has 0 aliphatic rings. The van der Waals surface area contributed by atoms with Crippen LogP contribution in [-0.2, 0) is 0 Å². The fourth-order valence-electron chi connectivity index (χ4n) is 2.35. The standard InChI is InChI=1S/C18H18N2OS2/c1-12(17-19-15-6-4-5-7-16(15)23-17)20(2)18(21)13-8-10-14(22-3)11-9-13/h4-12H,1-3H3/t12-/m1/s1. The predicted octanol–water partition coefficient (Wildman–Crippen LogP) is 4.85. The second kappa shape index (κ2) is 6.72. The van der Waals surface area contributed by atoms with Gasteiger partial charge in [0.05, 0.1) is 16.3 Å². The number of aromatic nitrogens is 1. The number of carbonyl (C=O) groups excluding carboxylic acids is 1. The quantitative estimate of drug-likeness (QED) is 0.635. The molecule has 1 heterocycles. The van der Waals surface area contributed by atoms with Gasteiger partial charge in [-0.05, 0) is 49.6 Å². The van der Waals surface area contributed by atoms with Crippen LogP contribution in [0.4, 0.5) is 0 Å². The number of nitrogens with zero attached hydrogens (tertiary/aromatic N) is 2. The minimum Gasteiger partial charge on any atom is -0.333 e. The van der Waals surface area contributed by atoms with Crippen LogP contribution in [0.15, 0.2) is 53.4 Å². The van der Waals surface area contributed by atoms with Gasteiger partial charge in [-0.1, -0.05) is 12.1 Å². The summed E-state index contributed by atoms with van der Waals surface area (Å²) in [6.45, 7) is 2.02. The summed E-state index contributed by atoms with van der Waals surface area (Å²) < 4.78 is 1.15. The Morgan fingerprint density at radius 3 is 2.52 bits per heavy atom. The molecule has 0 aliphatic heterocycles. The SMILES string of the molecule is CSc1ccc(C(=O)N(C)[C@H](C)c2nc3ccccc3s2)cc1. The van der Waals surface area contributed by atoms with Crippen molar-refractivity contribution in [1.82, 2.24) is 9.88 Å². The fourth-order valence-corrected chi connectivity index (χ4v) is 3.82. The van der Waals surface area contributed by atoms with Gasteiger partial charge >= 0.3 is 0 Å². The van der Waals surface area contributed by atoms with E-state index in [0.717, 1.165) is 20.1 Å². The molecule has 5 heteroatoms. The Morgan fingerprint density at radius 1 is 1.17 bits per heavy atom. The summed E-state index contributed by atoms with van der Waals surface area (Å²) in [7, 11) is 1.83.